The third-order valence-corrected chi connectivity index (χ3v) is 10.6. The number of likely N-dealkylation sites (tertiary alicyclic amines) is 2. The summed E-state index contributed by atoms with van der Waals surface area (Å²) in [6.07, 6.45) is 18.7. The van der Waals surface area contributed by atoms with Crippen molar-refractivity contribution in [2.75, 3.05) is 62.2 Å². The molecule has 12 nitrogen and oxygen atoms in total. The maximum Gasteiger partial charge on any atom is 0.180 e. The van der Waals surface area contributed by atoms with Crippen molar-refractivity contribution in [3.63, 3.8) is 0 Å². The summed E-state index contributed by atoms with van der Waals surface area (Å²) in [5, 5.41) is 0. The molecule has 6 aliphatic rings. The van der Waals surface area contributed by atoms with Crippen LogP contribution < -0.4 is 9.80 Å². The number of H-pyrrole nitrogens is 2. The highest BCUT2D eigenvalue weighted by Gasteiger charge is 2.26. The Bertz CT molecular complexity index is 1880. The summed E-state index contributed by atoms with van der Waals surface area (Å²) in [4.78, 5) is 47.8. The maximum absolute atomic E-state index is 5.23. The van der Waals surface area contributed by atoms with Gasteiger partial charge in [-0.2, -0.15) is 0 Å². The highest BCUT2D eigenvalue weighted by molar-refractivity contribution is 5.84. The summed E-state index contributed by atoms with van der Waals surface area (Å²) < 4.78 is 0. The third-order valence-electron chi connectivity index (χ3n) is 10.6. The average Bonchev–Trinajstić information content (AvgIpc) is 3.92. The summed E-state index contributed by atoms with van der Waals surface area (Å²) in [7, 11) is 0. The quantitative estimate of drug-likeness (QED) is 0.357. The van der Waals surface area contributed by atoms with Crippen molar-refractivity contribution < 1.29 is 0 Å². The minimum absolute atomic E-state index is 0.646. The van der Waals surface area contributed by atoms with Crippen molar-refractivity contribution in [3.8, 4) is 0 Å². The third kappa shape index (κ3) is 5.90. The summed E-state index contributed by atoms with van der Waals surface area (Å²) in [5.74, 6) is 2.69. The molecule has 0 radical (unpaired) electrons. The molecule has 9 heterocycles. The SMILES string of the molecule is C1=C(N2CCCCC2)c2nc3nc(nc4cc(N5CCCCC5)c(nc5cc(N6CCCCC6)c(nc1n2)[nH]5)[nH]4)C(N1CCCCC1)=C3. The van der Waals surface area contributed by atoms with Gasteiger partial charge in [-0.15, -0.1) is 0 Å². The first-order valence-electron chi connectivity index (χ1n) is 18.4. The van der Waals surface area contributed by atoms with Crippen LogP contribution >= 0.6 is 0 Å². The van der Waals surface area contributed by atoms with Gasteiger partial charge in [0.2, 0.25) is 0 Å². The van der Waals surface area contributed by atoms with Gasteiger partial charge < -0.3 is 29.6 Å². The molecule has 4 saturated heterocycles. The van der Waals surface area contributed by atoms with E-state index in [1.807, 2.05) is 0 Å². The van der Waals surface area contributed by atoms with Crippen LogP contribution in [0.1, 0.15) is 100 Å². The summed E-state index contributed by atoms with van der Waals surface area (Å²) in [6, 6.07) is 4.32. The van der Waals surface area contributed by atoms with Gasteiger partial charge in [-0.3, -0.25) is 0 Å². The normalized spacial score (nSPS) is 20.6. The van der Waals surface area contributed by atoms with E-state index >= 15 is 0 Å². The highest BCUT2D eigenvalue weighted by Crippen LogP contribution is 2.32. The molecule has 0 unspecified atom stereocenters. The predicted octanol–water partition coefficient (Wildman–Crippen LogP) is 5.84. The molecule has 250 valence electrons. The average molecular weight is 647 g/mol. The van der Waals surface area contributed by atoms with E-state index in [0.717, 1.165) is 97.7 Å². The Morgan fingerprint density at radius 2 is 0.771 bits per heavy atom. The number of aromatic nitrogens is 8. The number of hydrogen-bond acceptors (Lipinski definition) is 10. The van der Waals surface area contributed by atoms with Gasteiger partial charge in [0.25, 0.3) is 0 Å². The summed E-state index contributed by atoms with van der Waals surface area (Å²) >= 11 is 0. The molecular formula is C36H46N12. The smallest absolute Gasteiger partial charge is 0.180 e. The Morgan fingerprint density at radius 1 is 0.396 bits per heavy atom. The van der Waals surface area contributed by atoms with Crippen LogP contribution in [-0.2, 0) is 0 Å². The van der Waals surface area contributed by atoms with Crippen LogP contribution in [0.15, 0.2) is 12.1 Å². The Morgan fingerprint density at radius 3 is 1.25 bits per heavy atom. The lowest BCUT2D eigenvalue weighted by Crippen LogP contribution is -2.29. The van der Waals surface area contributed by atoms with Crippen LogP contribution in [0, 0.1) is 0 Å². The molecule has 0 aliphatic carbocycles. The van der Waals surface area contributed by atoms with E-state index in [1.54, 1.807) is 0 Å². The first-order chi connectivity index (χ1) is 23.7. The summed E-state index contributed by atoms with van der Waals surface area (Å²) in [5.41, 5.74) is 7.42. The Kier molecular flexibility index (Phi) is 7.94. The number of hydrogen-bond donors (Lipinski definition) is 2. The Labute approximate surface area is 281 Å². The van der Waals surface area contributed by atoms with Crippen molar-refractivity contribution >= 4 is 57.5 Å². The minimum Gasteiger partial charge on any atom is -0.368 e. The zero-order valence-electron chi connectivity index (χ0n) is 27.9. The van der Waals surface area contributed by atoms with Crippen molar-refractivity contribution in [3.05, 3.63) is 35.4 Å². The van der Waals surface area contributed by atoms with E-state index in [4.69, 9.17) is 29.9 Å². The molecule has 0 saturated carbocycles. The minimum atomic E-state index is 0.646. The van der Waals surface area contributed by atoms with Crippen molar-refractivity contribution in [1.29, 1.82) is 0 Å². The second kappa shape index (κ2) is 12.9. The van der Waals surface area contributed by atoms with E-state index in [-0.39, 0.29) is 0 Å². The molecule has 4 fully saturated rings. The zero-order chi connectivity index (χ0) is 31.9. The van der Waals surface area contributed by atoms with Gasteiger partial charge in [0.05, 0.1) is 22.8 Å². The number of nitrogens with one attached hydrogen (secondary N) is 2. The fourth-order valence-corrected chi connectivity index (χ4v) is 8.12. The van der Waals surface area contributed by atoms with E-state index in [0.29, 0.717) is 23.3 Å². The molecule has 2 N–H and O–H groups in total. The van der Waals surface area contributed by atoms with Crippen LogP contribution in [0.4, 0.5) is 11.4 Å². The highest BCUT2D eigenvalue weighted by atomic mass is 15.2. The lowest BCUT2D eigenvalue weighted by Gasteiger charge is -2.29. The lowest BCUT2D eigenvalue weighted by atomic mass is 10.1. The molecule has 9 rings (SSSR count). The van der Waals surface area contributed by atoms with E-state index in [9.17, 15) is 0 Å². The number of piperidine rings is 4. The van der Waals surface area contributed by atoms with Crippen LogP contribution in [-0.4, -0.2) is 102 Å². The molecule has 3 aromatic rings. The standard InChI is InChI=1S/C36H46N12/c1-5-13-45(14-6-1)25-21-29-37-33(25)41-30-22-26(46-15-7-2-8-16-46)35(38-30)43-32-24-28(48-19-11-4-12-20-48)36(40-32)44-31-23-27(34(39-31)42-29)47-17-9-3-10-18-47/h21-24H,1-20H2,(H2,37,38,39,40,41,42,43,44). The fraction of sp³-hybridized carbons (Fsp3) is 0.556. The number of aromatic amines is 2. The van der Waals surface area contributed by atoms with Crippen molar-refractivity contribution in [2.45, 2.75) is 77.0 Å². The molecule has 8 bridgehead atoms. The Hall–Kier alpha value is -4.48. The number of fused-ring (bicyclic) bond motifs is 8. The van der Waals surface area contributed by atoms with Crippen molar-refractivity contribution in [2.24, 2.45) is 0 Å². The summed E-state index contributed by atoms with van der Waals surface area (Å²) in [6.45, 7) is 8.08. The monoisotopic (exact) mass is 646 g/mol. The first-order valence-corrected chi connectivity index (χ1v) is 18.4. The van der Waals surface area contributed by atoms with Gasteiger partial charge in [-0.05, 0) is 77.0 Å². The van der Waals surface area contributed by atoms with Crippen LogP contribution in [0.25, 0.3) is 46.1 Å². The number of nitrogens with zero attached hydrogens (tertiary/aromatic N) is 10. The molecule has 6 aliphatic heterocycles. The van der Waals surface area contributed by atoms with Gasteiger partial charge >= 0.3 is 0 Å². The fourth-order valence-electron chi connectivity index (χ4n) is 8.12. The van der Waals surface area contributed by atoms with Gasteiger partial charge in [0.15, 0.2) is 34.6 Å². The molecular weight excluding hydrogens is 600 g/mol. The molecule has 3 aromatic heterocycles. The van der Waals surface area contributed by atoms with Crippen LogP contribution in [0.5, 0.6) is 0 Å². The second-order valence-corrected chi connectivity index (χ2v) is 14.1. The number of anilines is 2. The molecule has 0 atom stereocenters. The van der Waals surface area contributed by atoms with Gasteiger partial charge in [-0.1, -0.05) is 0 Å². The van der Waals surface area contributed by atoms with Gasteiger partial charge in [0, 0.05) is 76.6 Å². The largest absolute Gasteiger partial charge is 0.368 e. The topological polar surface area (TPSA) is 122 Å². The lowest BCUT2D eigenvalue weighted by molar-refractivity contribution is 0.326. The zero-order valence-corrected chi connectivity index (χ0v) is 27.9. The molecule has 0 spiro atoms. The van der Waals surface area contributed by atoms with Gasteiger partial charge in [0.1, 0.15) is 11.3 Å². The van der Waals surface area contributed by atoms with Gasteiger partial charge in [-0.25, -0.2) is 29.9 Å². The number of rotatable bonds is 4. The van der Waals surface area contributed by atoms with Crippen LogP contribution in [0.2, 0.25) is 0 Å². The maximum atomic E-state index is 5.23. The Balaban J connectivity index is 1.28. The first kappa shape index (κ1) is 29.6. The molecule has 0 amide bonds. The van der Waals surface area contributed by atoms with E-state index in [2.05, 4.69) is 53.9 Å². The van der Waals surface area contributed by atoms with Crippen LogP contribution in [0.3, 0.4) is 0 Å². The van der Waals surface area contributed by atoms with E-state index in [1.165, 1.54) is 77.0 Å². The molecule has 12 heteroatoms. The van der Waals surface area contributed by atoms with Crippen molar-refractivity contribution in [1.82, 2.24) is 49.7 Å². The van der Waals surface area contributed by atoms with E-state index < -0.39 is 0 Å². The molecule has 48 heavy (non-hydrogen) atoms. The predicted molar refractivity (Wildman–Crippen MR) is 191 cm³/mol. The second-order valence-electron chi connectivity index (χ2n) is 14.1. The molecule has 0 aromatic carbocycles.